The first kappa shape index (κ1) is 17.9. The first-order chi connectivity index (χ1) is 11.1. The van der Waals surface area contributed by atoms with Gasteiger partial charge in [-0.15, -0.1) is 0 Å². The maximum absolute atomic E-state index is 12.3. The van der Waals surface area contributed by atoms with Gasteiger partial charge in [0.15, 0.2) is 0 Å². The Morgan fingerprint density at radius 1 is 1.09 bits per heavy atom. The fraction of sp³-hybridized carbons (Fsp3) is 0.529. The van der Waals surface area contributed by atoms with Crippen molar-refractivity contribution in [1.82, 2.24) is 5.32 Å². The van der Waals surface area contributed by atoms with Gasteiger partial charge >= 0.3 is 0 Å². The van der Waals surface area contributed by atoms with Crippen LogP contribution in [0.2, 0.25) is 0 Å². The first-order valence-corrected chi connectivity index (χ1v) is 8.72. The van der Waals surface area contributed by atoms with Crippen molar-refractivity contribution < 1.29 is 14.3 Å². The molecule has 5 nitrogen and oxygen atoms in total. The topological polar surface area (TPSA) is 67.4 Å². The molecule has 0 atom stereocenters. The summed E-state index contributed by atoms with van der Waals surface area (Å²) in [6, 6.07) is 7.54. The summed E-state index contributed by atoms with van der Waals surface area (Å²) in [6.45, 7) is 1.07. The number of nitrogens with one attached hydrogen (secondary N) is 2. The average molecular weight is 383 g/mol. The van der Waals surface area contributed by atoms with Crippen LogP contribution in [0.4, 0.5) is 5.69 Å². The lowest BCUT2D eigenvalue weighted by Crippen LogP contribution is -2.36. The second kappa shape index (κ2) is 9.03. The highest BCUT2D eigenvalue weighted by atomic mass is 79.9. The van der Waals surface area contributed by atoms with Crippen LogP contribution in [-0.2, 0) is 14.3 Å². The molecule has 0 bridgehead atoms. The van der Waals surface area contributed by atoms with Crippen molar-refractivity contribution >= 4 is 33.4 Å². The standard InChI is InChI=1S/C17H23BrN2O3/c1-23-11-10-19-16(21)12-2-4-13(5-3-12)17(22)20-15-8-6-14(18)7-9-15/h6-9,12-13H,2-5,10-11H2,1H3,(H,19,21)(H,20,22). The van der Waals surface area contributed by atoms with Crippen LogP contribution < -0.4 is 10.6 Å². The molecule has 0 radical (unpaired) electrons. The average Bonchev–Trinajstić information content (AvgIpc) is 2.57. The molecule has 0 aromatic heterocycles. The van der Waals surface area contributed by atoms with Crippen molar-refractivity contribution in [2.75, 3.05) is 25.6 Å². The molecule has 126 valence electrons. The Balaban J connectivity index is 1.76. The van der Waals surface area contributed by atoms with E-state index in [1.807, 2.05) is 24.3 Å². The summed E-state index contributed by atoms with van der Waals surface area (Å²) >= 11 is 3.37. The molecule has 1 aromatic rings. The Morgan fingerprint density at radius 3 is 2.22 bits per heavy atom. The molecular weight excluding hydrogens is 360 g/mol. The number of carbonyl (C=O) groups excluding carboxylic acids is 2. The summed E-state index contributed by atoms with van der Waals surface area (Å²) in [7, 11) is 1.61. The smallest absolute Gasteiger partial charge is 0.227 e. The van der Waals surface area contributed by atoms with Gasteiger partial charge in [0.1, 0.15) is 0 Å². The summed E-state index contributed by atoms with van der Waals surface area (Å²) in [6.07, 6.45) is 3.03. The number of halogens is 1. The number of methoxy groups -OCH3 is 1. The Morgan fingerprint density at radius 2 is 1.65 bits per heavy atom. The van der Waals surface area contributed by atoms with Crippen LogP contribution in [0, 0.1) is 11.8 Å². The highest BCUT2D eigenvalue weighted by Gasteiger charge is 2.29. The van der Waals surface area contributed by atoms with Crippen LogP contribution in [0.15, 0.2) is 28.7 Å². The molecular formula is C17H23BrN2O3. The van der Waals surface area contributed by atoms with Crippen LogP contribution in [0.5, 0.6) is 0 Å². The van der Waals surface area contributed by atoms with E-state index in [0.29, 0.717) is 13.2 Å². The number of ether oxygens (including phenoxy) is 1. The lowest BCUT2D eigenvalue weighted by Gasteiger charge is -2.27. The molecule has 1 aromatic carbocycles. The van der Waals surface area contributed by atoms with Gasteiger partial charge in [0.05, 0.1) is 6.61 Å². The summed E-state index contributed by atoms with van der Waals surface area (Å²) in [5.74, 6) is 0.129. The van der Waals surface area contributed by atoms with Crippen molar-refractivity contribution in [2.24, 2.45) is 11.8 Å². The van der Waals surface area contributed by atoms with Crippen molar-refractivity contribution in [3.63, 3.8) is 0 Å². The molecule has 2 amide bonds. The van der Waals surface area contributed by atoms with E-state index < -0.39 is 0 Å². The van der Waals surface area contributed by atoms with Gasteiger partial charge in [-0.25, -0.2) is 0 Å². The third-order valence-electron chi connectivity index (χ3n) is 4.19. The first-order valence-electron chi connectivity index (χ1n) is 7.93. The van der Waals surface area contributed by atoms with E-state index in [1.165, 1.54) is 0 Å². The van der Waals surface area contributed by atoms with Crippen LogP contribution in [0.25, 0.3) is 0 Å². The SMILES string of the molecule is COCCNC(=O)C1CCC(C(=O)Nc2ccc(Br)cc2)CC1. The lowest BCUT2D eigenvalue weighted by atomic mass is 9.81. The second-order valence-corrected chi connectivity index (χ2v) is 6.74. The lowest BCUT2D eigenvalue weighted by molar-refractivity contribution is -0.128. The van der Waals surface area contributed by atoms with E-state index in [4.69, 9.17) is 4.74 Å². The summed E-state index contributed by atoms with van der Waals surface area (Å²) in [5.41, 5.74) is 0.803. The number of amides is 2. The molecule has 1 fully saturated rings. The Kier molecular flexibility index (Phi) is 7.05. The number of hydrogen-bond donors (Lipinski definition) is 2. The van der Waals surface area contributed by atoms with Gasteiger partial charge in [0, 0.05) is 35.7 Å². The quantitative estimate of drug-likeness (QED) is 0.743. The normalized spacial score (nSPS) is 20.8. The number of hydrogen-bond acceptors (Lipinski definition) is 3. The van der Waals surface area contributed by atoms with Gasteiger partial charge in [-0.3, -0.25) is 9.59 Å². The molecule has 0 spiro atoms. The zero-order valence-corrected chi connectivity index (χ0v) is 14.9. The van der Waals surface area contributed by atoms with Crippen molar-refractivity contribution in [3.05, 3.63) is 28.7 Å². The maximum atomic E-state index is 12.3. The van der Waals surface area contributed by atoms with Gasteiger partial charge in [0.25, 0.3) is 0 Å². The molecule has 2 rings (SSSR count). The zero-order chi connectivity index (χ0) is 16.7. The second-order valence-electron chi connectivity index (χ2n) is 5.83. The van der Waals surface area contributed by atoms with E-state index >= 15 is 0 Å². The van der Waals surface area contributed by atoms with Crippen molar-refractivity contribution in [2.45, 2.75) is 25.7 Å². The van der Waals surface area contributed by atoms with Crippen LogP contribution >= 0.6 is 15.9 Å². The van der Waals surface area contributed by atoms with E-state index in [0.717, 1.165) is 35.8 Å². The third kappa shape index (κ3) is 5.62. The van der Waals surface area contributed by atoms with Gasteiger partial charge in [-0.1, -0.05) is 15.9 Å². The summed E-state index contributed by atoms with van der Waals surface area (Å²) in [5, 5.41) is 5.82. The van der Waals surface area contributed by atoms with Gasteiger partial charge in [-0.05, 0) is 49.9 Å². The van der Waals surface area contributed by atoms with Crippen LogP contribution in [0.3, 0.4) is 0 Å². The minimum absolute atomic E-state index is 0.0123. The fourth-order valence-electron chi connectivity index (χ4n) is 2.82. The molecule has 1 saturated carbocycles. The number of anilines is 1. The Labute approximate surface area is 145 Å². The van der Waals surface area contributed by atoms with Gasteiger partial charge in [0.2, 0.25) is 11.8 Å². The number of carbonyl (C=O) groups is 2. The molecule has 0 heterocycles. The fourth-order valence-corrected chi connectivity index (χ4v) is 3.08. The van der Waals surface area contributed by atoms with Crippen molar-refractivity contribution in [3.8, 4) is 0 Å². The van der Waals surface area contributed by atoms with E-state index in [1.54, 1.807) is 7.11 Å². The Hall–Kier alpha value is -1.40. The molecule has 0 saturated heterocycles. The highest BCUT2D eigenvalue weighted by molar-refractivity contribution is 9.10. The van der Waals surface area contributed by atoms with Crippen LogP contribution in [-0.4, -0.2) is 32.1 Å². The van der Waals surface area contributed by atoms with Crippen molar-refractivity contribution in [1.29, 1.82) is 0 Å². The van der Waals surface area contributed by atoms with Gasteiger partial charge in [-0.2, -0.15) is 0 Å². The predicted molar refractivity (Wildman–Crippen MR) is 93.1 cm³/mol. The number of benzene rings is 1. The predicted octanol–water partition coefficient (Wildman–Crippen LogP) is 2.96. The summed E-state index contributed by atoms with van der Waals surface area (Å²) < 4.78 is 5.90. The molecule has 6 heteroatoms. The monoisotopic (exact) mass is 382 g/mol. The Bertz CT molecular complexity index is 525. The highest BCUT2D eigenvalue weighted by Crippen LogP contribution is 2.30. The molecule has 0 unspecified atom stereocenters. The minimum atomic E-state index is -0.0123. The summed E-state index contributed by atoms with van der Waals surface area (Å²) in [4.78, 5) is 24.3. The van der Waals surface area contributed by atoms with E-state index in [-0.39, 0.29) is 23.7 Å². The van der Waals surface area contributed by atoms with Crippen LogP contribution in [0.1, 0.15) is 25.7 Å². The van der Waals surface area contributed by atoms with Gasteiger partial charge < -0.3 is 15.4 Å². The minimum Gasteiger partial charge on any atom is -0.383 e. The largest absolute Gasteiger partial charge is 0.383 e. The molecule has 0 aliphatic heterocycles. The van der Waals surface area contributed by atoms with E-state index in [2.05, 4.69) is 26.6 Å². The zero-order valence-electron chi connectivity index (χ0n) is 13.3. The molecule has 23 heavy (non-hydrogen) atoms. The molecule has 2 N–H and O–H groups in total. The number of rotatable bonds is 6. The third-order valence-corrected chi connectivity index (χ3v) is 4.71. The molecule has 1 aliphatic rings. The molecule has 1 aliphatic carbocycles. The maximum Gasteiger partial charge on any atom is 0.227 e. The van der Waals surface area contributed by atoms with E-state index in [9.17, 15) is 9.59 Å².